The van der Waals surface area contributed by atoms with Crippen LogP contribution in [-0.2, 0) is 4.79 Å². The number of carbonyl (C=O) groups excluding carboxylic acids is 1. The normalized spacial score (nSPS) is 18.5. The van der Waals surface area contributed by atoms with Crippen LogP contribution in [0.4, 0.5) is 5.69 Å². The maximum absolute atomic E-state index is 12.7. The van der Waals surface area contributed by atoms with Crippen LogP contribution in [0, 0.1) is 0 Å². The van der Waals surface area contributed by atoms with Crippen molar-refractivity contribution in [3.8, 4) is 5.75 Å². The lowest BCUT2D eigenvalue weighted by atomic mass is 9.81. The fourth-order valence-electron chi connectivity index (χ4n) is 3.20. The highest BCUT2D eigenvalue weighted by Crippen LogP contribution is 2.35. The quantitative estimate of drug-likeness (QED) is 0.786. The summed E-state index contributed by atoms with van der Waals surface area (Å²) in [5.74, 6) is 0.0226. The third-order valence-corrected chi connectivity index (χ3v) is 4.47. The molecular formula is C21H21NO3. The molecule has 0 saturated carbocycles. The minimum Gasteiger partial charge on any atom is -0.511 e. The Balaban J connectivity index is 1.95. The Bertz CT molecular complexity index is 837. The van der Waals surface area contributed by atoms with Gasteiger partial charge in [-0.3, -0.25) is 4.79 Å². The summed E-state index contributed by atoms with van der Waals surface area (Å²) in [6.45, 7) is 1.88. The Labute approximate surface area is 147 Å². The molecule has 4 nitrogen and oxygen atoms in total. The summed E-state index contributed by atoms with van der Waals surface area (Å²) in [6.07, 6.45) is 1.27. The number of allylic oxidation sites excluding steroid dienone is 2. The van der Waals surface area contributed by atoms with E-state index < -0.39 is 0 Å². The molecule has 1 unspecified atom stereocenters. The third-order valence-electron chi connectivity index (χ3n) is 4.47. The number of nitrogens with zero attached hydrogens (tertiary/aromatic N) is 1. The van der Waals surface area contributed by atoms with Gasteiger partial charge < -0.3 is 10.2 Å². The number of phenolic OH excluding ortho intramolecular Hbond substituents is 1. The smallest absolute Gasteiger partial charge is 0.168 e. The number of benzene rings is 2. The second-order valence-electron chi connectivity index (χ2n) is 6.16. The molecule has 2 aromatic carbocycles. The summed E-state index contributed by atoms with van der Waals surface area (Å²) in [5, 5.41) is 20.4. The minimum absolute atomic E-state index is 0.0133. The van der Waals surface area contributed by atoms with Crippen LogP contribution in [0.25, 0.3) is 0 Å². The number of aliphatic imine (C=N–C) groups is 1. The number of rotatable bonds is 4. The number of hydrogen-bond donors (Lipinski definition) is 2. The fourth-order valence-corrected chi connectivity index (χ4v) is 3.20. The van der Waals surface area contributed by atoms with E-state index in [0.717, 1.165) is 5.56 Å². The molecule has 2 N–H and O–H groups in total. The Kier molecular flexibility index (Phi) is 4.98. The van der Waals surface area contributed by atoms with Gasteiger partial charge in [0, 0.05) is 12.8 Å². The average molecular weight is 335 g/mol. The van der Waals surface area contributed by atoms with E-state index in [2.05, 4.69) is 4.99 Å². The maximum Gasteiger partial charge on any atom is 0.168 e. The number of hydrogen-bond acceptors (Lipinski definition) is 4. The molecule has 0 saturated heterocycles. The van der Waals surface area contributed by atoms with Crippen LogP contribution < -0.4 is 0 Å². The Morgan fingerprint density at radius 1 is 1.04 bits per heavy atom. The van der Waals surface area contributed by atoms with Crippen molar-refractivity contribution in [1.29, 1.82) is 0 Å². The highest BCUT2D eigenvalue weighted by atomic mass is 16.3. The Hall–Kier alpha value is -2.88. The highest BCUT2D eigenvalue weighted by Gasteiger charge is 2.30. The molecule has 128 valence electrons. The summed E-state index contributed by atoms with van der Waals surface area (Å²) < 4.78 is 0. The van der Waals surface area contributed by atoms with Gasteiger partial charge in [-0.05, 0) is 30.0 Å². The number of aromatic hydroxyl groups is 1. The number of aliphatic hydroxyl groups excluding tert-OH is 1. The molecule has 2 aromatic rings. The summed E-state index contributed by atoms with van der Waals surface area (Å²) in [5.41, 5.74) is 2.27. The SMILES string of the molecule is CCC(=Nc1ccccc1O)C1=C(O)CC(c2ccccc2)CC1=O. The lowest BCUT2D eigenvalue weighted by Gasteiger charge is -2.24. The van der Waals surface area contributed by atoms with Crippen LogP contribution in [0.2, 0.25) is 0 Å². The second-order valence-corrected chi connectivity index (χ2v) is 6.16. The van der Waals surface area contributed by atoms with Crippen LogP contribution >= 0.6 is 0 Å². The van der Waals surface area contributed by atoms with E-state index in [1.54, 1.807) is 24.3 Å². The van der Waals surface area contributed by atoms with Crippen LogP contribution in [0.1, 0.15) is 37.7 Å². The zero-order chi connectivity index (χ0) is 17.8. The largest absolute Gasteiger partial charge is 0.511 e. The molecular weight excluding hydrogens is 314 g/mol. The van der Waals surface area contributed by atoms with Gasteiger partial charge in [-0.2, -0.15) is 0 Å². The minimum atomic E-state index is -0.103. The lowest BCUT2D eigenvalue weighted by molar-refractivity contribution is -0.116. The van der Waals surface area contributed by atoms with E-state index in [0.29, 0.717) is 36.2 Å². The van der Waals surface area contributed by atoms with Crippen molar-refractivity contribution in [2.75, 3.05) is 0 Å². The molecule has 4 heteroatoms. The first kappa shape index (κ1) is 17.0. The lowest BCUT2D eigenvalue weighted by Crippen LogP contribution is -2.23. The zero-order valence-electron chi connectivity index (χ0n) is 14.1. The molecule has 0 spiro atoms. The molecule has 0 heterocycles. The fraction of sp³-hybridized carbons (Fsp3) is 0.238. The Morgan fingerprint density at radius 3 is 2.36 bits per heavy atom. The molecule has 1 aliphatic carbocycles. The van der Waals surface area contributed by atoms with E-state index in [4.69, 9.17) is 0 Å². The predicted octanol–water partition coefficient (Wildman–Crippen LogP) is 4.83. The van der Waals surface area contributed by atoms with Crippen LogP contribution in [-0.4, -0.2) is 21.7 Å². The van der Waals surface area contributed by atoms with Crippen molar-refractivity contribution in [3.63, 3.8) is 0 Å². The van der Waals surface area contributed by atoms with Gasteiger partial charge in [-0.25, -0.2) is 4.99 Å². The molecule has 0 aromatic heterocycles. The van der Waals surface area contributed by atoms with Crippen molar-refractivity contribution in [2.24, 2.45) is 4.99 Å². The Morgan fingerprint density at radius 2 is 1.72 bits per heavy atom. The van der Waals surface area contributed by atoms with Gasteiger partial charge in [0.1, 0.15) is 17.2 Å². The molecule has 0 aliphatic heterocycles. The van der Waals surface area contributed by atoms with Gasteiger partial charge in [-0.1, -0.05) is 49.4 Å². The van der Waals surface area contributed by atoms with Crippen molar-refractivity contribution >= 4 is 17.2 Å². The maximum atomic E-state index is 12.7. The predicted molar refractivity (Wildman–Crippen MR) is 98.6 cm³/mol. The molecule has 0 bridgehead atoms. The van der Waals surface area contributed by atoms with E-state index in [-0.39, 0.29) is 23.2 Å². The number of para-hydroxylation sites is 2. The second kappa shape index (κ2) is 7.34. The van der Waals surface area contributed by atoms with Crippen molar-refractivity contribution in [2.45, 2.75) is 32.1 Å². The number of carbonyl (C=O) groups is 1. The third kappa shape index (κ3) is 3.63. The van der Waals surface area contributed by atoms with Crippen LogP contribution in [0.15, 0.2) is 70.9 Å². The number of Topliss-reactive ketones (excluding diaryl/α,β-unsaturated/α-hetero) is 1. The molecule has 1 atom stereocenters. The van der Waals surface area contributed by atoms with Gasteiger partial charge in [0.2, 0.25) is 0 Å². The summed E-state index contributed by atoms with van der Waals surface area (Å²) in [4.78, 5) is 17.1. The van der Waals surface area contributed by atoms with Crippen molar-refractivity contribution in [1.82, 2.24) is 0 Å². The van der Waals surface area contributed by atoms with Crippen molar-refractivity contribution in [3.05, 3.63) is 71.5 Å². The van der Waals surface area contributed by atoms with Gasteiger partial charge in [0.15, 0.2) is 5.78 Å². The van der Waals surface area contributed by atoms with Gasteiger partial charge in [0.25, 0.3) is 0 Å². The van der Waals surface area contributed by atoms with Crippen LogP contribution in [0.5, 0.6) is 5.75 Å². The van der Waals surface area contributed by atoms with E-state index >= 15 is 0 Å². The summed E-state index contributed by atoms with van der Waals surface area (Å²) in [6, 6.07) is 16.5. The number of phenols is 1. The average Bonchev–Trinajstić information content (AvgIpc) is 2.62. The summed E-state index contributed by atoms with van der Waals surface area (Å²) >= 11 is 0. The van der Waals surface area contributed by atoms with E-state index in [1.807, 2.05) is 37.3 Å². The first-order chi connectivity index (χ1) is 12.1. The number of ketones is 1. The monoisotopic (exact) mass is 335 g/mol. The first-order valence-corrected chi connectivity index (χ1v) is 8.46. The molecule has 0 amide bonds. The van der Waals surface area contributed by atoms with Crippen molar-refractivity contribution < 1.29 is 15.0 Å². The molecule has 0 radical (unpaired) electrons. The topological polar surface area (TPSA) is 69.9 Å². The van der Waals surface area contributed by atoms with Gasteiger partial charge >= 0.3 is 0 Å². The molecule has 3 rings (SSSR count). The number of aliphatic hydroxyl groups is 1. The van der Waals surface area contributed by atoms with Gasteiger partial charge in [0.05, 0.1) is 11.3 Å². The molecule has 1 aliphatic rings. The zero-order valence-corrected chi connectivity index (χ0v) is 14.1. The first-order valence-electron chi connectivity index (χ1n) is 8.46. The van der Waals surface area contributed by atoms with E-state index in [9.17, 15) is 15.0 Å². The standard InChI is InChI=1S/C21H21NO3/c1-2-16(22-17-10-6-7-11-18(17)23)21-19(24)12-15(13-20(21)25)14-8-4-3-5-9-14/h3-11,15,23-24H,2,12-13H2,1H3. The molecule has 25 heavy (non-hydrogen) atoms. The molecule has 0 fully saturated rings. The summed E-state index contributed by atoms with van der Waals surface area (Å²) in [7, 11) is 0. The van der Waals surface area contributed by atoms with E-state index in [1.165, 1.54) is 0 Å². The van der Waals surface area contributed by atoms with Crippen LogP contribution in [0.3, 0.4) is 0 Å². The highest BCUT2D eigenvalue weighted by molar-refractivity contribution is 6.23. The van der Waals surface area contributed by atoms with Gasteiger partial charge in [-0.15, -0.1) is 0 Å².